The van der Waals surface area contributed by atoms with E-state index in [0.29, 0.717) is 6.54 Å². The largest absolute Gasteiger partial charge is 0.378 e. The summed E-state index contributed by atoms with van der Waals surface area (Å²) in [5, 5.41) is 0. The van der Waals surface area contributed by atoms with Crippen LogP contribution in [-0.2, 0) is 29.7 Å². The van der Waals surface area contributed by atoms with Gasteiger partial charge in [-0.05, 0) is 11.6 Å². The molecule has 0 aliphatic carbocycles. The number of fused-ring (bicyclic) bond motifs is 1. The lowest BCUT2D eigenvalue weighted by Gasteiger charge is -2.29. The van der Waals surface area contributed by atoms with Gasteiger partial charge in [-0.2, -0.15) is 0 Å². The van der Waals surface area contributed by atoms with Crippen molar-refractivity contribution >= 4 is 5.82 Å². The van der Waals surface area contributed by atoms with Crippen molar-refractivity contribution in [1.29, 1.82) is 0 Å². The van der Waals surface area contributed by atoms with Crippen molar-refractivity contribution in [2.24, 2.45) is 0 Å². The van der Waals surface area contributed by atoms with E-state index in [1.54, 1.807) is 0 Å². The number of pyridine rings is 1. The van der Waals surface area contributed by atoms with Crippen LogP contribution in [0.2, 0.25) is 0 Å². The molecule has 0 radical (unpaired) electrons. The first-order valence-electron chi connectivity index (χ1n) is 10.0. The maximum absolute atomic E-state index is 12.6. The average Bonchev–Trinajstić information content (AvgIpc) is 2.69. The van der Waals surface area contributed by atoms with Gasteiger partial charge in [0.1, 0.15) is 11.6 Å². The predicted molar refractivity (Wildman–Crippen MR) is 109 cm³/mol. The van der Waals surface area contributed by atoms with Crippen LogP contribution >= 0.6 is 0 Å². The molecule has 1 fully saturated rings. The second kappa shape index (κ2) is 7.64. The van der Waals surface area contributed by atoms with Crippen molar-refractivity contribution in [3.05, 3.63) is 51.3 Å². The fourth-order valence-corrected chi connectivity index (χ4v) is 3.72. The van der Waals surface area contributed by atoms with Crippen LogP contribution in [0.3, 0.4) is 0 Å². The summed E-state index contributed by atoms with van der Waals surface area (Å²) < 4.78 is 5.40. The Morgan fingerprint density at radius 1 is 1.18 bits per heavy atom. The van der Waals surface area contributed by atoms with E-state index in [4.69, 9.17) is 9.72 Å². The summed E-state index contributed by atoms with van der Waals surface area (Å²) in [6, 6.07) is 4.22. The Labute approximate surface area is 165 Å². The van der Waals surface area contributed by atoms with Gasteiger partial charge in [-0.3, -0.25) is 9.69 Å². The average molecular weight is 383 g/mol. The molecule has 0 aromatic carbocycles. The van der Waals surface area contributed by atoms with Crippen molar-refractivity contribution in [2.45, 2.75) is 45.7 Å². The third kappa shape index (κ3) is 4.10. The van der Waals surface area contributed by atoms with Gasteiger partial charge in [0.25, 0.3) is 5.56 Å². The number of rotatable bonds is 3. The smallest absolute Gasteiger partial charge is 0.255 e. The highest BCUT2D eigenvalue weighted by atomic mass is 16.5. The maximum atomic E-state index is 12.6. The van der Waals surface area contributed by atoms with Crippen LogP contribution in [0.1, 0.15) is 43.4 Å². The predicted octanol–water partition coefficient (Wildman–Crippen LogP) is 1.86. The van der Waals surface area contributed by atoms with E-state index in [1.807, 2.05) is 6.20 Å². The highest BCUT2D eigenvalue weighted by Crippen LogP contribution is 2.21. The van der Waals surface area contributed by atoms with Gasteiger partial charge in [0, 0.05) is 50.8 Å². The summed E-state index contributed by atoms with van der Waals surface area (Å²) in [6.45, 7) is 11.8. The molecule has 150 valence electrons. The Bertz CT molecular complexity index is 879. The molecule has 4 heterocycles. The zero-order valence-corrected chi connectivity index (χ0v) is 17.0. The standard InChI is InChI=1S/C21H29N5O2/c1-21(2,3)20-23-17-6-7-25(14-16(17)19(27)24-20)13-15-4-5-18(22-12-15)26-8-10-28-11-9-26/h4-5,12H,6-11,13-14H2,1-3H3,(H,23,24,27). The number of nitrogens with zero attached hydrogens (tertiary/aromatic N) is 4. The molecule has 0 spiro atoms. The van der Waals surface area contributed by atoms with Crippen molar-refractivity contribution in [2.75, 3.05) is 37.7 Å². The van der Waals surface area contributed by atoms with Crippen LogP contribution in [0.25, 0.3) is 0 Å². The Kier molecular flexibility index (Phi) is 5.21. The zero-order chi connectivity index (χ0) is 19.7. The monoisotopic (exact) mass is 383 g/mol. The Balaban J connectivity index is 1.44. The summed E-state index contributed by atoms with van der Waals surface area (Å²) in [6.07, 6.45) is 2.76. The van der Waals surface area contributed by atoms with Crippen molar-refractivity contribution < 1.29 is 4.74 Å². The molecule has 4 rings (SSSR count). The normalized spacial score (nSPS) is 18.2. The van der Waals surface area contributed by atoms with Gasteiger partial charge in [0.2, 0.25) is 0 Å². The number of hydrogen-bond acceptors (Lipinski definition) is 6. The third-order valence-electron chi connectivity index (χ3n) is 5.41. The zero-order valence-electron chi connectivity index (χ0n) is 17.0. The van der Waals surface area contributed by atoms with Crippen LogP contribution in [-0.4, -0.2) is 52.7 Å². The van der Waals surface area contributed by atoms with E-state index in [0.717, 1.165) is 74.3 Å². The number of ether oxygens (including phenoxy) is 1. The van der Waals surface area contributed by atoms with Crippen LogP contribution in [0.5, 0.6) is 0 Å². The molecule has 2 aliphatic rings. The first-order valence-corrected chi connectivity index (χ1v) is 10.0. The van der Waals surface area contributed by atoms with Gasteiger partial charge in [-0.1, -0.05) is 26.8 Å². The molecule has 7 nitrogen and oxygen atoms in total. The van der Waals surface area contributed by atoms with Gasteiger partial charge in [-0.15, -0.1) is 0 Å². The number of aromatic nitrogens is 3. The lowest BCUT2D eigenvalue weighted by molar-refractivity contribution is 0.122. The maximum Gasteiger partial charge on any atom is 0.255 e. The van der Waals surface area contributed by atoms with Gasteiger partial charge >= 0.3 is 0 Å². The molecule has 0 amide bonds. The Morgan fingerprint density at radius 2 is 1.96 bits per heavy atom. The van der Waals surface area contributed by atoms with E-state index < -0.39 is 0 Å². The second-order valence-corrected chi connectivity index (χ2v) is 8.67. The summed E-state index contributed by atoms with van der Waals surface area (Å²) in [4.78, 5) is 29.5. The number of hydrogen-bond donors (Lipinski definition) is 1. The molecule has 0 unspecified atom stereocenters. The molecule has 28 heavy (non-hydrogen) atoms. The minimum Gasteiger partial charge on any atom is -0.378 e. The summed E-state index contributed by atoms with van der Waals surface area (Å²) in [5.74, 6) is 1.78. The van der Waals surface area contributed by atoms with Gasteiger partial charge in [0.15, 0.2) is 0 Å². The highest BCUT2D eigenvalue weighted by Gasteiger charge is 2.25. The number of anilines is 1. The van der Waals surface area contributed by atoms with E-state index in [-0.39, 0.29) is 11.0 Å². The molecule has 1 saturated heterocycles. The first-order chi connectivity index (χ1) is 13.4. The first kappa shape index (κ1) is 19.1. The van der Waals surface area contributed by atoms with E-state index >= 15 is 0 Å². The van der Waals surface area contributed by atoms with Gasteiger partial charge < -0.3 is 14.6 Å². The lowest BCUT2D eigenvalue weighted by Crippen LogP contribution is -2.37. The van der Waals surface area contributed by atoms with E-state index in [1.165, 1.54) is 0 Å². The lowest BCUT2D eigenvalue weighted by atomic mass is 9.95. The quantitative estimate of drug-likeness (QED) is 0.872. The number of nitrogens with one attached hydrogen (secondary N) is 1. The number of aromatic amines is 1. The summed E-state index contributed by atoms with van der Waals surface area (Å²) in [7, 11) is 0. The summed E-state index contributed by atoms with van der Waals surface area (Å²) in [5.41, 5.74) is 2.76. The molecule has 0 bridgehead atoms. The molecule has 0 saturated carbocycles. The van der Waals surface area contributed by atoms with Gasteiger partial charge in [0.05, 0.1) is 24.5 Å². The van der Waals surface area contributed by atoms with Crippen LogP contribution in [0, 0.1) is 0 Å². The third-order valence-corrected chi connectivity index (χ3v) is 5.41. The van der Waals surface area contributed by atoms with E-state index in [9.17, 15) is 4.79 Å². The Hall–Kier alpha value is -2.25. The molecule has 1 N–H and O–H groups in total. The molecular weight excluding hydrogens is 354 g/mol. The highest BCUT2D eigenvalue weighted by molar-refractivity contribution is 5.39. The molecule has 2 aromatic rings. The summed E-state index contributed by atoms with van der Waals surface area (Å²) >= 11 is 0. The molecule has 2 aliphatic heterocycles. The minimum absolute atomic E-state index is 0.000385. The molecular formula is C21H29N5O2. The number of morpholine rings is 1. The fraction of sp³-hybridized carbons (Fsp3) is 0.571. The van der Waals surface area contributed by atoms with Gasteiger partial charge in [-0.25, -0.2) is 9.97 Å². The van der Waals surface area contributed by atoms with Crippen LogP contribution in [0.15, 0.2) is 23.1 Å². The topological polar surface area (TPSA) is 74.4 Å². The molecule has 2 aromatic heterocycles. The fourth-order valence-electron chi connectivity index (χ4n) is 3.72. The van der Waals surface area contributed by atoms with Crippen molar-refractivity contribution in [3.63, 3.8) is 0 Å². The SMILES string of the molecule is CC(C)(C)c1nc2c(c(=O)[nH]1)CN(Cc1ccc(N3CCOCC3)nc1)CC2. The molecule has 0 atom stereocenters. The second-order valence-electron chi connectivity index (χ2n) is 8.67. The van der Waals surface area contributed by atoms with Crippen LogP contribution in [0.4, 0.5) is 5.82 Å². The Morgan fingerprint density at radius 3 is 2.64 bits per heavy atom. The van der Waals surface area contributed by atoms with Crippen molar-refractivity contribution in [3.8, 4) is 0 Å². The van der Waals surface area contributed by atoms with Crippen molar-refractivity contribution in [1.82, 2.24) is 19.9 Å². The minimum atomic E-state index is -0.154. The van der Waals surface area contributed by atoms with E-state index in [2.05, 4.69) is 52.7 Å². The number of H-pyrrole nitrogens is 1. The molecule has 7 heteroatoms. The van der Waals surface area contributed by atoms with Crippen LogP contribution < -0.4 is 10.5 Å².